The van der Waals surface area contributed by atoms with Gasteiger partial charge in [-0.05, 0) is 35.2 Å². The van der Waals surface area contributed by atoms with E-state index in [-0.39, 0.29) is 5.97 Å². The Morgan fingerprint density at radius 3 is 2.71 bits per heavy atom. The molecule has 0 atom stereocenters. The number of rotatable bonds is 7. The summed E-state index contributed by atoms with van der Waals surface area (Å²) in [5.74, 6) is 0.661. The number of aromatic nitrogens is 3. The predicted octanol–water partition coefficient (Wildman–Crippen LogP) is 5.94. The summed E-state index contributed by atoms with van der Waals surface area (Å²) in [6.45, 7) is 2.75. The predicted molar refractivity (Wildman–Crippen MR) is 126 cm³/mol. The first kappa shape index (κ1) is 21.0. The van der Waals surface area contributed by atoms with Crippen molar-refractivity contribution in [3.8, 4) is 11.1 Å². The maximum absolute atomic E-state index is 12.6. The second-order valence-corrected chi connectivity index (χ2v) is 7.90. The average molecular weight is 432 g/mol. The molecule has 0 unspecified atom stereocenters. The van der Waals surface area contributed by atoms with Gasteiger partial charge in [0, 0.05) is 19.2 Å². The lowest BCUT2D eigenvalue weighted by Gasteiger charge is -2.13. The summed E-state index contributed by atoms with van der Waals surface area (Å²) in [6.07, 6.45) is 4.86. The number of carbonyl (C=O) groups is 1. The summed E-state index contributed by atoms with van der Waals surface area (Å²) in [6, 6.07) is 17.8. The van der Waals surface area contributed by atoms with E-state index in [1.807, 2.05) is 54.7 Å². The van der Waals surface area contributed by atoms with Crippen molar-refractivity contribution in [3.63, 3.8) is 0 Å². The van der Waals surface area contributed by atoms with E-state index in [4.69, 9.17) is 21.9 Å². The minimum Gasteiger partial charge on any atom is -0.465 e. The molecule has 0 saturated carbocycles. The van der Waals surface area contributed by atoms with Crippen LogP contribution < -0.4 is 0 Å². The Balaban J connectivity index is 1.80. The highest BCUT2D eigenvalue weighted by Crippen LogP contribution is 2.27. The van der Waals surface area contributed by atoms with Gasteiger partial charge in [0.05, 0.1) is 18.2 Å². The molecule has 2 aromatic carbocycles. The smallest absolute Gasteiger partial charge is 0.338 e. The molecule has 2 heterocycles. The number of ether oxygens (including phenoxy) is 1. The van der Waals surface area contributed by atoms with Gasteiger partial charge >= 0.3 is 5.97 Å². The van der Waals surface area contributed by atoms with Gasteiger partial charge in [-0.3, -0.25) is 0 Å². The molecular formula is C25H25N3O2S. The van der Waals surface area contributed by atoms with Crippen LogP contribution >= 0.6 is 12.2 Å². The van der Waals surface area contributed by atoms with Crippen LogP contribution in [0.2, 0.25) is 0 Å². The zero-order chi connectivity index (χ0) is 21.8. The third-order valence-corrected chi connectivity index (χ3v) is 5.72. The second kappa shape index (κ2) is 9.27. The number of aromatic amines is 1. The Kier molecular flexibility index (Phi) is 6.28. The van der Waals surface area contributed by atoms with Gasteiger partial charge in [-0.1, -0.05) is 68.0 Å². The van der Waals surface area contributed by atoms with Crippen molar-refractivity contribution in [1.29, 1.82) is 0 Å². The Bertz CT molecular complexity index is 1280. The molecule has 0 aliphatic carbocycles. The van der Waals surface area contributed by atoms with Crippen molar-refractivity contribution in [3.05, 3.63) is 82.4 Å². The van der Waals surface area contributed by atoms with Crippen LogP contribution in [0.25, 0.3) is 22.2 Å². The molecule has 31 heavy (non-hydrogen) atoms. The van der Waals surface area contributed by atoms with Gasteiger partial charge in [-0.2, -0.15) is 0 Å². The molecule has 0 saturated heterocycles. The molecular weight excluding hydrogens is 406 g/mol. The highest BCUT2D eigenvalue weighted by Gasteiger charge is 2.17. The number of carbonyl (C=O) groups excluding carboxylic acids is 1. The summed E-state index contributed by atoms with van der Waals surface area (Å²) in [4.78, 5) is 20.5. The van der Waals surface area contributed by atoms with Crippen LogP contribution in [0.5, 0.6) is 0 Å². The number of nitrogens with zero attached hydrogens (tertiary/aromatic N) is 2. The van der Waals surface area contributed by atoms with Crippen molar-refractivity contribution in [2.24, 2.45) is 0 Å². The van der Waals surface area contributed by atoms with E-state index in [2.05, 4.69) is 22.5 Å². The standard InChI is InChI=1S/C25H25N3O2S/c1-3-4-10-22-27-21-13-14-26-24(31)23(21)28(22)16-17-11-12-19(18-8-6-5-7-9-18)20(15-17)25(29)30-2/h5-9,11-15H,3-4,10,16H2,1-2H3,(H,26,31). The first-order valence-electron chi connectivity index (χ1n) is 10.5. The van der Waals surface area contributed by atoms with Crippen molar-refractivity contribution >= 4 is 29.2 Å². The van der Waals surface area contributed by atoms with Crippen molar-refractivity contribution < 1.29 is 9.53 Å². The number of benzene rings is 2. The van der Waals surface area contributed by atoms with Crippen LogP contribution in [0, 0.1) is 4.64 Å². The van der Waals surface area contributed by atoms with Crippen LogP contribution in [-0.2, 0) is 17.7 Å². The first-order chi connectivity index (χ1) is 15.1. The van der Waals surface area contributed by atoms with E-state index in [9.17, 15) is 4.79 Å². The van der Waals surface area contributed by atoms with Crippen LogP contribution in [-0.4, -0.2) is 27.6 Å². The fourth-order valence-corrected chi connectivity index (χ4v) is 4.14. The molecule has 4 aromatic rings. The highest BCUT2D eigenvalue weighted by molar-refractivity contribution is 7.71. The van der Waals surface area contributed by atoms with E-state index in [0.29, 0.717) is 16.7 Å². The molecule has 0 spiro atoms. The molecule has 6 heteroatoms. The molecule has 0 amide bonds. The van der Waals surface area contributed by atoms with Gasteiger partial charge in [-0.15, -0.1) is 0 Å². The highest BCUT2D eigenvalue weighted by atomic mass is 32.1. The zero-order valence-electron chi connectivity index (χ0n) is 17.7. The summed E-state index contributed by atoms with van der Waals surface area (Å²) < 4.78 is 7.91. The number of hydrogen-bond donors (Lipinski definition) is 1. The molecule has 4 rings (SSSR count). The lowest BCUT2D eigenvalue weighted by atomic mass is 9.97. The van der Waals surface area contributed by atoms with Gasteiger partial charge < -0.3 is 14.3 Å². The Labute approximate surface area is 186 Å². The summed E-state index contributed by atoms with van der Waals surface area (Å²) in [7, 11) is 1.41. The number of imidazole rings is 1. The maximum Gasteiger partial charge on any atom is 0.338 e. The van der Waals surface area contributed by atoms with Gasteiger partial charge in [0.15, 0.2) is 0 Å². The largest absolute Gasteiger partial charge is 0.465 e. The van der Waals surface area contributed by atoms with Crippen molar-refractivity contribution in [1.82, 2.24) is 14.5 Å². The molecule has 0 fully saturated rings. The number of methoxy groups -OCH3 is 1. The maximum atomic E-state index is 12.6. The number of hydrogen-bond acceptors (Lipinski definition) is 4. The van der Waals surface area contributed by atoms with Crippen LogP contribution in [0.4, 0.5) is 0 Å². The van der Waals surface area contributed by atoms with E-state index < -0.39 is 0 Å². The summed E-state index contributed by atoms with van der Waals surface area (Å²) in [5, 5.41) is 0. The Morgan fingerprint density at radius 1 is 1.16 bits per heavy atom. The average Bonchev–Trinajstić information content (AvgIpc) is 3.16. The summed E-state index contributed by atoms with van der Waals surface area (Å²) >= 11 is 5.56. The summed E-state index contributed by atoms with van der Waals surface area (Å²) in [5.41, 5.74) is 5.20. The normalized spacial score (nSPS) is 11.0. The third kappa shape index (κ3) is 4.30. The van der Waals surface area contributed by atoms with E-state index in [0.717, 1.165) is 52.8 Å². The topological polar surface area (TPSA) is 59.9 Å². The number of esters is 1. The minimum atomic E-state index is -0.348. The van der Waals surface area contributed by atoms with Gasteiger partial charge in [0.2, 0.25) is 0 Å². The minimum absolute atomic E-state index is 0.348. The number of fused-ring (bicyclic) bond motifs is 1. The molecule has 0 aliphatic heterocycles. The zero-order valence-corrected chi connectivity index (χ0v) is 18.5. The second-order valence-electron chi connectivity index (χ2n) is 7.50. The van der Waals surface area contributed by atoms with Crippen LogP contribution in [0.1, 0.15) is 41.5 Å². The molecule has 0 bridgehead atoms. The Morgan fingerprint density at radius 2 is 1.97 bits per heavy atom. The van der Waals surface area contributed by atoms with E-state index >= 15 is 0 Å². The van der Waals surface area contributed by atoms with Gasteiger partial charge in [-0.25, -0.2) is 9.78 Å². The van der Waals surface area contributed by atoms with Gasteiger partial charge in [0.25, 0.3) is 0 Å². The SMILES string of the molecule is CCCCc1nc2cc[nH]c(=S)c2n1Cc1ccc(-c2ccccc2)c(C(=O)OC)c1. The monoisotopic (exact) mass is 431 g/mol. The Hall–Kier alpha value is -3.25. The molecule has 1 N–H and O–H groups in total. The quantitative estimate of drug-likeness (QED) is 0.291. The molecule has 0 aliphatic rings. The molecule has 158 valence electrons. The fourth-order valence-electron chi connectivity index (χ4n) is 3.86. The lowest BCUT2D eigenvalue weighted by molar-refractivity contribution is 0.0601. The third-order valence-electron chi connectivity index (χ3n) is 5.41. The van der Waals surface area contributed by atoms with Crippen LogP contribution in [0.3, 0.4) is 0 Å². The fraction of sp³-hybridized carbons (Fsp3) is 0.240. The first-order valence-corrected chi connectivity index (χ1v) is 10.9. The number of nitrogens with one attached hydrogen (secondary N) is 1. The van der Waals surface area contributed by atoms with Crippen molar-refractivity contribution in [2.45, 2.75) is 32.7 Å². The molecule has 5 nitrogen and oxygen atoms in total. The number of unbranched alkanes of at least 4 members (excludes halogenated alkanes) is 1. The number of pyridine rings is 1. The van der Waals surface area contributed by atoms with Crippen LogP contribution in [0.15, 0.2) is 60.8 Å². The van der Waals surface area contributed by atoms with E-state index in [1.165, 1.54) is 7.11 Å². The van der Waals surface area contributed by atoms with E-state index in [1.54, 1.807) is 0 Å². The lowest BCUT2D eigenvalue weighted by Crippen LogP contribution is -2.09. The number of aryl methyl sites for hydroxylation is 1. The number of H-pyrrole nitrogens is 1. The van der Waals surface area contributed by atoms with Gasteiger partial charge in [0.1, 0.15) is 16.0 Å². The molecule has 0 radical (unpaired) electrons. The van der Waals surface area contributed by atoms with Crippen molar-refractivity contribution in [2.75, 3.05) is 7.11 Å². The molecule has 2 aromatic heterocycles.